The molecule has 1 aliphatic carbocycles. The summed E-state index contributed by atoms with van der Waals surface area (Å²) >= 11 is 3.36. The number of rotatable bonds is 1. The van der Waals surface area contributed by atoms with E-state index in [9.17, 15) is 5.11 Å². The molecule has 76 valence electrons. The zero-order chi connectivity index (χ0) is 10.2. The van der Waals surface area contributed by atoms with E-state index in [1.165, 1.54) is 0 Å². The first-order valence-electron chi connectivity index (χ1n) is 4.77. The number of aliphatic hydroxyl groups is 1. The number of furan rings is 1. The molecular weight excluding hydrogens is 244 g/mol. The number of hydrogen-bond acceptors (Lipinski definition) is 2. The average Bonchev–Trinajstić information content (AvgIpc) is 2.58. The van der Waals surface area contributed by atoms with Crippen molar-refractivity contribution in [3.63, 3.8) is 0 Å². The van der Waals surface area contributed by atoms with Crippen LogP contribution in [0.25, 0.3) is 0 Å². The fraction of sp³-hybridized carbons (Fsp3) is 0.455. The number of halogens is 1. The smallest absolute Gasteiger partial charge is 0.153 e. The normalized spacial score (nSPS) is 32.1. The van der Waals surface area contributed by atoms with E-state index in [1.807, 2.05) is 12.2 Å². The van der Waals surface area contributed by atoms with Crippen LogP contribution in [-0.2, 0) is 5.60 Å². The van der Waals surface area contributed by atoms with Gasteiger partial charge in [-0.1, -0.05) is 13.0 Å². The third-order valence-corrected chi connectivity index (χ3v) is 3.32. The largest absolute Gasteiger partial charge is 0.465 e. The Hall–Kier alpha value is -0.540. The van der Waals surface area contributed by atoms with Gasteiger partial charge in [-0.25, -0.2) is 0 Å². The molecule has 14 heavy (non-hydrogen) atoms. The molecule has 3 heteroatoms. The Morgan fingerprint density at radius 1 is 1.64 bits per heavy atom. The van der Waals surface area contributed by atoms with Gasteiger partial charge in [0, 0.05) is 0 Å². The van der Waals surface area contributed by atoms with Crippen molar-refractivity contribution in [2.45, 2.75) is 25.4 Å². The van der Waals surface area contributed by atoms with Crippen LogP contribution in [0.2, 0.25) is 0 Å². The van der Waals surface area contributed by atoms with Gasteiger partial charge in [0.05, 0.1) is 10.7 Å². The lowest BCUT2D eigenvalue weighted by molar-refractivity contribution is 0.0439. The minimum Gasteiger partial charge on any atom is -0.465 e. The first kappa shape index (κ1) is 9.99. The Morgan fingerprint density at radius 3 is 2.93 bits per heavy atom. The van der Waals surface area contributed by atoms with Crippen LogP contribution in [0.4, 0.5) is 0 Å². The molecular formula is C11H13BrO2. The van der Waals surface area contributed by atoms with Crippen molar-refractivity contribution in [3.05, 3.63) is 34.7 Å². The van der Waals surface area contributed by atoms with Crippen LogP contribution in [0.15, 0.2) is 33.4 Å². The summed E-state index contributed by atoms with van der Waals surface area (Å²) < 4.78 is 6.13. The van der Waals surface area contributed by atoms with Gasteiger partial charge < -0.3 is 9.52 Å². The predicted octanol–water partition coefficient (Wildman–Crippen LogP) is 3.22. The molecule has 0 bridgehead atoms. The van der Waals surface area contributed by atoms with Gasteiger partial charge in [0.15, 0.2) is 5.76 Å². The maximum Gasteiger partial charge on any atom is 0.153 e. The molecule has 2 rings (SSSR count). The summed E-state index contributed by atoms with van der Waals surface area (Å²) in [5.41, 5.74) is -0.922. The Labute approximate surface area is 91.7 Å². The molecule has 1 aromatic rings. The van der Waals surface area contributed by atoms with E-state index in [1.54, 1.807) is 12.3 Å². The molecule has 2 atom stereocenters. The molecule has 1 N–H and O–H groups in total. The molecule has 0 saturated heterocycles. The van der Waals surface area contributed by atoms with Crippen LogP contribution in [0.3, 0.4) is 0 Å². The van der Waals surface area contributed by atoms with Gasteiger partial charge in [0.25, 0.3) is 0 Å². The molecule has 0 radical (unpaired) electrons. The quantitative estimate of drug-likeness (QED) is 0.783. The second kappa shape index (κ2) is 3.55. The van der Waals surface area contributed by atoms with E-state index in [0.717, 1.165) is 17.3 Å². The Bertz CT molecular complexity index is 356. The number of hydrogen-bond donors (Lipinski definition) is 1. The minimum atomic E-state index is -0.922. The molecule has 2 nitrogen and oxygen atoms in total. The van der Waals surface area contributed by atoms with Crippen LogP contribution < -0.4 is 0 Å². The molecule has 2 unspecified atom stereocenters. The molecule has 1 aromatic heterocycles. The van der Waals surface area contributed by atoms with E-state index in [0.29, 0.717) is 11.7 Å². The molecule has 0 saturated carbocycles. The van der Waals surface area contributed by atoms with Gasteiger partial charge in [-0.05, 0) is 46.8 Å². The Kier molecular flexibility index (Phi) is 2.54. The second-order valence-corrected chi connectivity index (χ2v) is 4.75. The molecule has 0 amide bonds. The van der Waals surface area contributed by atoms with Crippen LogP contribution in [0.5, 0.6) is 0 Å². The summed E-state index contributed by atoms with van der Waals surface area (Å²) in [6.45, 7) is 2.15. The highest BCUT2D eigenvalue weighted by Crippen LogP contribution is 2.38. The highest BCUT2D eigenvalue weighted by Gasteiger charge is 2.34. The summed E-state index contributed by atoms with van der Waals surface area (Å²) in [5.74, 6) is 1.16. The minimum absolute atomic E-state index is 0.545. The van der Waals surface area contributed by atoms with Crippen molar-refractivity contribution in [2.75, 3.05) is 0 Å². The zero-order valence-corrected chi connectivity index (χ0v) is 9.62. The maximum absolute atomic E-state index is 10.3. The zero-order valence-electron chi connectivity index (χ0n) is 8.03. The van der Waals surface area contributed by atoms with Gasteiger partial charge in [-0.3, -0.25) is 0 Å². The third-order valence-electron chi connectivity index (χ3n) is 2.69. The van der Waals surface area contributed by atoms with Crippen LogP contribution in [0.1, 0.15) is 25.5 Å². The van der Waals surface area contributed by atoms with Crippen molar-refractivity contribution in [3.8, 4) is 0 Å². The summed E-state index contributed by atoms with van der Waals surface area (Å²) in [4.78, 5) is 0. The summed E-state index contributed by atoms with van der Waals surface area (Å²) in [6, 6.07) is 1.80. The van der Waals surface area contributed by atoms with Crippen LogP contribution in [-0.4, -0.2) is 5.11 Å². The van der Waals surface area contributed by atoms with Gasteiger partial charge in [0.1, 0.15) is 5.60 Å². The van der Waals surface area contributed by atoms with E-state index >= 15 is 0 Å². The first-order valence-corrected chi connectivity index (χ1v) is 5.56. The first-order chi connectivity index (χ1) is 6.62. The second-order valence-electron chi connectivity index (χ2n) is 3.90. The molecule has 0 spiro atoms. The van der Waals surface area contributed by atoms with Gasteiger partial charge >= 0.3 is 0 Å². The van der Waals surface area contributed by atoms with E-state index in [2.05, 4.69) is 22.9 Å². The highest BCUT2D eigenvalue weighted by molar-refractivity contribution is 9.10. The van der Waals surface area contributed by atoms with Crippen LogP contribution in [0, 0.1) is 5.92 Å². The lowest BCUT2D eigenvalue weighted by Gasteiger charge is -2.28. The Morgan fingerprint density at radius 2 is 2.43 bits per heavy atom. The summed E-state index contributed by atoms with van der Waals surface area (Å²) in [5, 5.41) is 10.3. The number of allylic oxidation sites excluding steroid dienone is 1. The van der Waals surface area contributed by atoms with Crippen molar-refractivity contribution in [2.24, 2.45) is 5.92 Å². The molecule has 0 fully saturated rings. The molecule has 1 aliphatic rings. The average molecular weight is 257 g/mol. The van der Waals surface area contributed by atoms with Gasteiger partial charge in [-0.2, -0.15) is 0 Å². The van der Waals surface area contributed by atoms with Gasteiger partial charge in [0.2, 0.25) is 0 Å². The molecule has 0 aromatic carbocycles. The topological polar surface area (TPSA) is 33.4 Å². The van der Waals surface area contributed by atoms with Crippen molar-refractivity contribution in [1.29, 1.82) is 0 Å². The van der Waals surface area contributed by atoms with Crippen LogP contribution >= 0.6 is 15.9 Å². The van der Waals surface area contributed by atoms with Crippen molar-refractivity contribution >= 4 is 15.9 Å². The van der Waals surface area contributed by atoms with Gasteiger partial charge in [-0.15, -0.1) is 0 Å². The molecule has 0 aliphatic heterocycles. The Balaban J connectivity index is 2.34. The monoisotopic (exact) mass is 256 g/mol. The van der Waals surface area contributed by atoms with Crippen molar-refractivity contribution in [1.82, 2.24) is 0 Å². The summed E-state index contributed by atoms with van der Waals surface area (Å²) in [6.07, 6.45) is 7.17. The fourth-order valence-corrected chi connectivity index (χ4v) is 2.29. The SMILES string of the molecule is CC1C=CC(O)(c2occc2Br)CC1. The standard InChI is InChI=1S/C11H13BrO2/c1-8-2-5-11(13,6-3-8)10-9(12)4-7-14-10/h2,4-5,7-8,13H,3,6H2,1H3. The highest BCUT2D eigenvalue weighted by atomic mass is 79.9. The fourth-order valence-electron chi connectivity index (χ4n) is 1.74. The lowest BCUT2D eigenvalue weighted by atomic mass is 9.84. The molecule has 1 heterocycles. The maximum atomic E-state index is 10.3. The lowest BCUT2D eigenvalue weighted by Crippen LogP contribution is -2.26. The van der Waals surface area contributed by atoms with E-state index in [-0.39, 0.29) is 0 Å². The third kappa shape index (κ3) is 1.66. The summed E-state index contributed by atoms with van der Waals surface area (Å²) in [7, 11) is 0. The predicted molar refractivity (Wildman–Crippen MR) is 57.8 cm³/mol. The van der Waals surface area contributed by atoms with E-state index < -0.39 is 5.60 Å². The van der Waals surface area contributed by atoms with Crippen molar-refractivity contribution < 1.29 is 9.52 Å². The van der Waals surface area contributed by atoms with E-state index in [4.69, 9.17) is 4.42 Å².